The van der Waals surface area contributed by atoms with Crippen molar-refractivity contribution < 1.29 is 9.59 Å². The number of carbonyl (C=O) groups excluding carboxylic acids is 2. The predicted molar refractivity (Wildman–Crippen MR) is 92.6 cm³/mol. The van der Waals surface area contributed by atoms with Crippen molar-refractivity contribution in [3.63, 3.8) is 0 Å². The van der Waals surface area contributed by atoms with Gasteiger partial charge in [-0.15, -0.1) is 0 Å². The molecule has 2 aromatic carbocycles. The Bertz CT molecular complexity index is 681. The van der Waals surface area contributed by atoms with Gasteiger partial charge in [-0.05, 0) is 30.2 Å². The van der Waals surface area contributed by atoms with Crippen LogP contribution in [0.2, 0.25) is 0 Å². The molecule has 0 saturated carbocycles. The van der Waals surface area contributed by atoms with E-state index in [0.29, 0.717) is 17.7 Å². The van der Waals surface area contributed by atoms with Gasteiger partial charge in [-0.1, -0.05) is 43.3 Å². The van der Waals surface area contributed by atoms with Crippen LogP contribution in [0.1, 0.15) is 35.2 Å². The van der Waals surface area contributed by atoms with Crippen LogP contribution in [-0.2, 0) is 4.79 Å². The zero-order valence-electron chi connectivity index (χ0n) is 13.7. The van der Waals surface area contributed by atoms with Gasteiger partial charge in [0.1, 0.15) is 0 Å². The van der Waals surface area contributed by atoms with Gasteiger partial charge in [-0.3, -0.25) is 9.59 Å². The summed E-state index contributed by atoms with van der Waals surface area (Å²) in [7, 11) is 3.41. The van der Waals surface area contributed by atoms with Gasteiger partial charge in [0.15, 0.2) is 0 Å². The molecule has 23 heavy (non-hydrogen) atoms. The molecule has 1 atom stereocenters. The normalized spacial score (nSPS) is 11.6. The van der Waals surface area contributed by atoms with Gasteiger partial charge < -0.3 is 10.2 Å². The molecule has 0 bridgehead atoms. The third kappa shape index (κ3) is 4.19. The Labute approximate surface area is 137 Å². The lowest BCUT2D eigenvalue weighted by atomic mass is 9.95. The molecule has 0 aliphatic rings. The number of nitrogens with one attached hydrogen (secondary N) is 1. The molecular formula is C19H22N2O2. The Morgan fingerprint density at radius 2 is 1.74 bits per heavy atom. The largest absolute Gasteiger partial charge is 0.345 e. The van der Waals surface area contributed by atoms with Gasteiger partial charge >= 0.3 is 0 Å². The Morgan fingerprint density at radius 1 is 1.04 bits per heavy atom. The highest BCUT2D eigenvalue weighted by Gasteiger charge is 2.19. The molecule has 1 N–H and O–H groups in total. The van der Waals surface area contributed by atoms with Crippen LogP contribution in [0.15, 0.2) is 54.6 Å². The minimum absolute atomic E-state index is 0.0619. The molecule has 4 heteroatoms. The van der Waals surface area contributed by atoms with E-state index in [1.165, 1.54) is 4.90 Å². The fourth-order valence-corrected chi connectivity index (χ4v) is 2.48. The molecule has 2 amide bonds. The summed E-state index contributed by atoms with van der Waals surface area (Å²) in [6.45, 7) is 1.99. The van der Waals surface area contributed by atoms with Crippen LogP contribution in [0.5, 0.6) is 0 Å². The molecule has 1 unspecified atom stereocenters. The van der Waals surface area contributed by atoms with Crippen LogP contribution >= 0.6 is 0 Å². The zero-order valence-corrected chi connectivity index (χ0v) is 13.7. The monoisotopic (exact) mass is 310 g/mol. The first kappa shape index (κ1) is 16.7. The number of amides is 2. The third-order valence-electron chi connectivity index (χ3n) is 3.71. The maximum Gasteiger partial charge on any atom is 0.253 e. The summed E-state index contributed by atoms with van der Waals surface area (Å²) >= 11 is 0. The van der Waals surface area contributed by atoms with E-state index in [1.807, 2.05) is 37.3 Å². The standard InChI is InChI=1S/C19H22N2O2/c1-4-17(14-9-6-5-7-10-14)18(22)20-16-12-8-11-15(13-16)19(23)21(2)3/h5-13,17H,4H2,1-3H3,(H,20,22). The average molecular weight is 310 g/mol. The molecule has 0 heterocycles. The van der Waals surface area contributed by atoms with E-state index in [-0.39, 0.29) is 17.7 Å². The zero-order chi connectivity index (χ0) is 16.8. The molecule has 2 aromatic rings. The van der Waals surface area contributed by atoms with Crippen LogP contribution in [0.3, 0.4) is 0 Å². The van der Waals surface area contributed by atoms with E-state index < -0.39 is 0 Å². The molecule has 0 aliphatic carbocycles. The second kappa shape index (κ2) is 7.58. The van der Waals surface area contributed by atoms with Crippen molar-refractivity contribution >= 4 is 17.5 Å². The van der Waals surface area contributed by atoms with Crippen molar-refractivity contribution in [2.75, 3.05) is 19.4 Å². The number of hydrogen-bond donors (Lipinski definition) is 1. The van der Waals surface area contributed by atoms with Crippen LogP contribution in [0.25, 0.3) is 0 Å². The lowest BCUT2D eigenvalue weighted by molar-refractivity contribution is -0.117. The highest BCUT2D eigenvalue weighted by molar-refractivity contribution is 5.98. The first-order valence-corrected chi connectivity index (χ1v) is 7.70. The Balaban J connectivity index is 2.16. The maximum absolute atomic E-state index is 12.6. The second-order valence-corrected chi connectivity index (χ2v) is 5.64. The van der Waals surface area contributed by atoms with E-state index in [2.05, 4.69) is 5.32 Å². The lowest BCUT2D eigenvalue weighted by Gasteiger charge is -2.16. The quantitative estimate of drug-likeness (QED) is 0.918. The number of carbonyl (C=O) groups is 2. The molecule has 2 rings (SSSR count). The van der Waals surface area contributed by atoms with E-state index >= 15 is 0 Å². The van der Waals surface area contributed by atoms with Crippen LogP contribution in [-0.4, -0.2) is 30.8 Å². The minimum atomic E-state index is -0.204. The van der Waals surface area contributed by atoms with Gasteiger partial charge in [-0.25, -0.2) is 0 Å². The highest BCUT2D eigenvalue weighted by atomic mass is 16.2. The highest BCUT2D eigenvalue weighted by Crippen LogP contribution is 2.22. The molecule has 0 aromatic heterocycles. The summed E-state index contributed by atoms with van der Waals surface area (Å²) < 4.78 is 0. The summed E-state index contributed by atoms with van der Waals surface area (Å²) in [5, 5.41) is 2.92. The number of rotatable bonds is 5. The second-order valence-electron chi connectivity index (χ2n) is 5.64. The summed E-state index contributed by atoms with van der Waals surface area (Å²) in [5.74, 6) is -0.353. The van der Waals surface area contributed by atoms with Crippen molar-refractivity contribution in [3.8, 4) is 0 Å². The van der Waals surface area contributed by atoms with Gasteiger partial charge in [0.2, 0.25) is 5.91 Å². The molecule has 120 valence electrons. The molecule has 0 spiro atoms. The van der Waals surface area contributed by atoms with E-state index in [4.69, 9.17) is 0 Å². The SMILES string of the molecule is CCC(C(=O)Nc1cccc(C(=O)N(C)C)c1)c1ccccc1. The smallest absolute Gasteiger partial charge is 0.253 e. The number of hydrogen-bond acceptors (Lipinski definition) is 2. The fraction of sp³-hybridized carbons (Fsp3) is 0.263. The van der Waals surface area contributed by atoms with Gasteiger partial charge in [0, 0.05) is 25.3 Å². The van der Waals surface area contributed by atoms with Crippen molar-refractivity contribution in [1.29, 1.82) is 0 Å². The lowest BCUT2D eigenvalue weighted by Crippen LogP contribution is -2.23. The van der Waals surface area contributed by atoms with Crippen molar-refractivity contribution in [2.24, 2.45) is 0 Å². The van der Waals surface area contributed by atoms with Crippen molar-refractivity contribution in [2.45, 2.75) is 19.3 Å². The molecular weight excluding hydrogens is 288 g/mol. The van der Waals surface area contributed by atoms with Crippen LogP contribution in [0, 0.1) is 0 Å². The van der Waals surface area contributed by atoms with Crippen molar-refractivity contribution in [1.82, 2.24) is 4.90 Å². The third-order valence-corrected chi connectivity index (χ3v) is 3.71. The van der Waals surface area contributed by atoms with E-state index in [9.17, 15) is 9.59 Å². The molecule has 0 aliphatic heterocycles. The molecule has 0 fully saturated rings. The topological polar surface area (TPSA) is 49.4 Å². The molecule has 4 nitrogen and oxygen atoms in total. The minimum Gasteiger partial charge on any atom is -0.345 e. The summed E-state index contributed by atoms with van der Waals surface area (Å²) in [6.07, 6.45) is 0.714. The molecule has 0 radical (unpaired) electrons. The summed E-state index contributed by atoms with van der Waals surface area (Å²) in [4.78, 5) is 26.1. The Hall–Kier alpha value is -2.62. The van der Waals surface area contributed by atoms with Gasteiger partial charge in [0.25, 0.3) is 5.91 Å². The first-order valence-electron chi connectivity index (χ1n) is 7.70. The number of nitrogens with zero attached hydrogens (tertiary/aromatic N) is 1. The number of anilines is 1. The Kier molecular flexibility index (Phi) is 5.52. The summed E-state index contributed by atoms with van der Waals surface area (Å²) in [6, 6.07) is 16.7. The first-order chi connectivity index (χ1) is 11.0. The number of benzene rings is 2. The summed E-state index contributed by atoms with van der Waals surface area (Å²) in [5.41, 5.74) is 2.19. The van der Waals surface area contributed by atoms with E-state index in [1.54, 1.807) is 38.4 Å². The van der Waals surface area contributed by atoms with Crippen LogP contribution in [0.4, 0.5) is 5.69 Å². The molecule has 0 saturated heterocycles. The van der Waals surface area contributed by atoms with Gasteiger partial charge in [0.05, 0.1) is 5.92 Å². The van der Waals surface area contributed by atoms with Crippen LogP contribution < -0.4 is 5.32 Å². The van der Waals surface area contributed by atoms with Crippen molar-refractivity contribution in [3.05, 3.63) is 65.7 Å². The average Bonchev–Trinajstić information content (AvgIpc) is 2.56. The van der Waals surface area contributed by atoms with E-state index in [0.717, 1.165) is 5.56 Å². The maximum atomic E-state index is 12.6. The predicted octanol–water partition coefficient (Wildman–Crippen LogP) is 3.52. The fourth-order valence-electron chi connectivity index (χ4n) is 2.48. The van der Waals surface area contributed by atoms with Gasteiger partial charge in [-0.2, -0.15) is 0 Å². The Morgan fingerprint density at radius 3 is 2.35 bits per heavy atom.